The Balaban J connectivity index is 2.11. The molecule has 0 unspecified atom stereocenters. The van der Waals surface area contributed by atoms with E-state index in [1.54, 1.807) is 12.1 Å². The highest BCUT2D eigenvalue weighted by molar-refractivity contribution is 5.90. The molecule has 98 valence electrons. The van der Waals surface area contributed by atoms with E-state index >= 15 is 0 Å². The summed E-state index contributed by atoms with van der Waals surface area (Å²) in [5.74, 6) is -0.913. The fourth-order valence-corrected chi connectivity index (χ4v) is 1.62. The van der Waals surface area contributed by atoms with Gasteiger partial charge >= 0.3 is 0 Å². The number of hydrogen-bond acceptors (Lipinski definition) is 4. The zero-order chi connectivity index (χ0) is 14.5. The summed E-state index contributed by atoms with van der Waals surface area (Å²) in [5.41, 5.74) is 0.294. The number of nitrogens with one attached hydrogen (secondary N) is 1. The third-order valence-corrected chi connectivity index (χ3v) is 2.47. The van der Waals surface area contributed by atoms with Crippen LogP contribution < -0.4 is 5.32 Å². The van der Waals surface area contributed by atoms with Gasteiger partial charge in [0.1, 0.15) is 24.5 Å². The minimum atomic E-state index is -0.463. The lowest BCUT2D eigenvalue weighted by Gasteiger charge is -2.06. The highest BCUT2D eigenvalue weighted by Crippen LogP contribution is 2.10. The Bertz CT molecular complexity index is 738. The van der Waals surface area contributed by atoms with Crippen LogP contribution in [0.4, 0.5) is 10.1 Å². The first kappa shape index (κ1) is 13.2. The van der Waals surface area contributed by atoms with Gasteiger partial charge in [-0.1, -0.05) is 6.07 Å². The number of anilines is 1. The van der Waals surface area contributed by atoms with Gasteiger partial charge in [-0.05, 0) is 18.2 Å². The van der Waals surface area contributed by atoms with Crippen LogP contribution in [0.3, 0.4) is 0 Å². The molecule has 0 radical (unpaired) electrons. The van der Waals surface area contributed by atoms with Gasteiger partial charge in [-0.2, -0.15) is 10.5 Å². The third-order valence-electron chi connectivity index (χ3n) is 2.47. The number of carbonyl (C=O) groups excluding carboxylic acids is 1. The smallest absolute Gasteiger partial charge is 0.244 e. The van der Waals surface area contributed by atoms with Crippen LogP contribution in [0, 0.1) is 28.5 Å². The topological polar surface area (TPSA) is 94.5 Å². The van der Waals surface area contributed by atoms with E-state index in [-0.39, 0.29) is 17.9 Å². The Morgan fingerprint density at radius 1 is 1.40 bits per heavy atom. The summed E-state index contributed by atoms with van der Waals surface area (Å²) in [4.78, 5) is 15.5. The van der Waals surface area contributed by atoms with Crippen molar-refractivity contribution in [2.45, 2.75) is 6.54 Å². The van der Waals surface area contributed by atoms with E-state index in [0.29, 0.717) is 5.69 Å². The van der Waals surface area contributed by atoms with Crippen molar-refractivity contribution in [1.29, 1.82) is 10.5 Å². The van der Waals surface area contributed by atoms with Crippen molar-refractivity contribution in [3.05, 3.63) is 47.8 Å². The molecule has 0 aliphatic heterocycles. The van der Waals surface area contributed by atoms with Crippen LogP contribution in [0.1, 0.15) is 11.4 Å². The lowest BCUT2D eigenvalue weighted by molar-refractivity contribution is -0.116. The number of imidazole rings is 1. The molecule has 1 N–H and O–H groups in total. The number of halogens is 1. The summed E-state index contributed by atoms with van der Waals surface area (Å²) >= 11 is 0. The minimum Gasteiger partial charge on any atom is -0.324 e. The quantitative estimate of drug-likeness (QED) is 0.911. The van der Waals surface area contributed by atoms with Crippen molar-refractivity contribution < 1.29 is 9.18 Å². The predicted octanol–water partition coefficient (Wildman–Crippen LogP) is 1.40. The number of amides is 1. The van der Waals surface area contributed by atoms with Gasteiger partial charge in [0.15, 0.2) is 11.4 Å². The molecule has 2 aromatic rings. The Hall–Kier alpha value is -3.19. The van der Waals surface area contributed by atoms with Gasteiger partial charge in [-0.25, -0.2) is 9.37 Å². The fourth-order valence-electron chi connectivity index (χ4n) is 1.62. The van der Waals surface area contributed by atoms with E-state index in [9.17, 15) is 9.18 Å². The summed E-state index contributed by atoms with van der Waals surface area (Å²) < 4.78 is 14.2. The Kier molecular flexibility index (Phi) is 3.73. The highest BCUT2D eigenvalue weighted by atomic mass is 19.1. The first-order valence-electron chi connectivity index (χ1n) is 5.55. The lowest BCUT2D eigenvalue weighted by Crippen LogP contribution is -2.19. The normalized spacial score (nSPS) is 9.55. The number of rotatable bonds is 3. The van der Waals surface area contributed by atoms with Crippen molar-refractivity contribution in [2.75, 3.05) is 5.32 Å². The molecule has 6 nitrogen and oxygen atoms in total. The monoisotopic (exact) mass is 269 g/mol. The van der Waals surface area contributed by atoms with Crippen LogP contribution >= 0.6 is 0 Å². The van der Waals surface area contributed by atoms with E-state index in [2.05, 4.69) is 10.3 Å². The van der Waals surface area contributed by atoms with Crippen LogP contribution in [-0.2, 0) is 11.3 Å². The van der Waals surface area contributed by atoms with Crippen molar-refractivity contribution in [3.63, 3.8) is 0 Å². The first-order chi connectivity index (χ1) is 9.63. The SMILES string of the molecule is N#Cc1ncn(CC(=O)Nc2cccc(F)c2)c1C#N. The fraction of sp³-hybridized carbons (Fsp3) is 0.0769. The van der Waals surface area contributed by atoms with E-state index in [1.165, 1.54) is 29.1 Å². The molecule has 1 aromatic heterocycles. The predicted molar refractivity (Wildman–Crippen MR) is 66.7 cm³/mol. The van der Waals surface area contributed by atoms with Gasteiger partial charge in [0.25, 0.3) is 0 Å². The second kappa shape index (κ2) is 5.63. The molecule has 1 aromatic carbocycles. The highest BCUT2D eigenvalue weighted by Gasteiger charge is 2.12. The van der Waals surface area contributed by atoms with Crippen LogP contribution in [-0.4, -0.2) is 15.5 Å². The second-order valence-electron chi connectivity index (χ2n) is 3.85. The van der Waals surface area contributed by atoms with E-state index in [0.717, 1.165) is 0 Å². The van der Waals surface area contributed by atoms with Gasteiger partial charge in [0, 0.05) is 5.69 Å². The van der Waals surface area contributed by atoms with Crippen molar-refractivity contribution in [1.82, 2.24) is 9.55 Å². The van der Waals surface area contributed by atoms with E-state index in [1.807, 2.05) is 6.07 Å². The van der Waals surface area contributed by atoms with Gasteiger partial charge in [-0.3, -0.25) is 4.79 Å². The number of aromatic nitrogens is 2. The average Bonchev–Trinajstić information content (AvgIpc) is 2.80. The number of nitriles is 2. The Morgan fingerprint density at radius 3 is 2.85 bits per heavy atom. The average molecular weight is 269 g/mol. The molecule has 0 aliphatic rings. The Morgan fingerprint density at radius 2 is 2.20 bits per heavy atom. The zero-order valence-electron chi connectivity index (χ0n) is 10.2. The van der Waals surface area contributed by atoms with Gasteiger partial charge < -0.3 is 9.88 Å². The second-order valence-corrected chi connectivity index (χ2v) is 3.85. The maximum Gasteiger partial charge on any atom is 0.244 e. The minimum absolute atomic E-state index is 0.0156. The molecule has 2 rings (SSSR count). The van der Waals surface area contributed by atoms with Crippen molar-refractivity contribution in [3.8, 4) is 12.1 Å². The number of carbonyl (C=O) groups is 1. The molecule has 20 heavy (non-hydrogen) atoms. The molecule has 1 amide bonds. The summed E-state index contributed by atoms with van der Waals surface area (Å²) in [6.45, 7) is -0.186. The molecule has 0 saturated heterocycles. The standard InChI is InChI=1S/C13H8FN5O/c14-9-2-1-3-10(4-9)18-13(20)7-19-8-17-11(5-15)12(19)6-16/h1-4,8H,7H2,(H,18,20). The lowest BCUT2D eigenvalue weighted by atomic mass is 10.3. The molecule has 0 spiro atoms. The largest absolute Gasteiger partial charge is 0.324 e. The third kappa shape index (κ3) is 2.79. The molecule has 0 fully saturated rings. The van der Waals surface area contributed by atoms with Crippen LogP contribution in [0.25, 0.3) is 0 Å². The molecule has 0 atom stereocenters. The van der Waals surface area contributed by atoms with Crippen molar-refractivity contribution >= 4 is 11.6 Å². The molecule has 0 aliphatic carbocycles. The summed E-state index contributed by atoms with van der Waals surface area (Å²) in [5, 5.41) is 20.1. The molecule has 7 heteroatoms. The molecular weight excluding hydrogens is 261 g/mol. The molecule has 1 heterocycles. The van der Waals surface area contributed by atoms with Gasteiger partial charge in [-0.15, -0.1) is 0 Å². The number of benzene rings is 1. The summed E-state index contributed by atoms with van der Waals surface area (Å²) in [7, 11) is 0. The van der Waals surface area contributed by atoms with E-state index < -0.39 is 11.7 Å². The molecule has 0 bridgehead atoms. The number of nitrogens with zero attached hydrogens (tertiary/aromatic N) is 4. The molecular formula is C13H8FN5O. The number of hydrogen-bond donors (Lipinski definition) is 1. The Labute approximate surface area is 113 Å². The zero-order valence-corrected chi connectivity index (χ0v) is 10.2. The van der Waals surface area contributed by atoms with E-state index in [4.69, 9.17) is 10.5 Å². The summed E-state index contributed by atoms with van der Waals surface area (Å²) in [6, 6.07) is 9.03. The molecule has 0 saturated carbocycles. The maximum atomic E-state index is 13.0. The van der Waals surface area contributed by atoms with Gasteiger partial charge in [0.05, 0.1) is 6.33 Å². The van der Waals surface area contributed by atoms with Crippen LogP contribution in [0.15, 0.2) is 30.6 Å². The van der Waals surface area contributed by atoms with Crippen LogP contribution in [0.5, 0.6) is 0 Å². The maximum absolute atomic E-state index is 13.0. The van der Waals surface area contributed by atoms with Crippen LogP contribution in [0.2, 0.25) is 0 Å². The summed E-state index contributed by atoms with van der Waals surface area (Å²) in [6.07, 6.45) is 1.24. The first-order valence-corrected chi connectivity index (χ1v) is 5.55. The van der Waals surface area contributed by atoms with Crippen molar-refractivity contribution in [2.24, 2.45) is 0 Å². The van der Waals surface area contributed by atoms with Gasteiger partial charge in [0.2, 0.25) is 5.91 Å².